The molecule has 1 aliphatic heterocycles. The predicted molar refractivity (Wildman–Crippen MR) is 101 cm³/mol. The zero-order chi connectivity index (χ0) is 18.1. The van der Waals surface area contributed by atoms with Gasteiger partial charge in [0.2, 0.25) is 0 Å². The number of nitrogens with one attached hydrogen (secondary N) is 1. The highest BCUT2D eigenvalue weighted by molar-refractivity contribution is 5.75. The van der Waals surface area contributed by atoms with Crippen LogP contribution in [0.2, 0.25) is 0 Å². The van der Waals surface area contributed by atoms with E-state index in [-0.39, 0.29) is 5.56 Å². The largest absolute Gasteiger partial charge is 0.456 e. The van der Waals surface area contributed by atoms with Gasteiger partial charge in [-0.3, -0.25) is 9.36 Å². The van der Waals surface area contributed by atoms with Crippen molar-refractivity contribution in [2.75, 3.05) is 13.2 Å². The molecule has 2 aliphatic rings. The van der Waals surface area contributed by atoms with Crippen molar-refractivity contribution in [3.05, 3.63) is 22.1 Å². The lowest BCUT2D eigenvalue weighted by atomic mass is 9.87. The molecule has 2 aromatic heterocycles. The Kier molecular flexibility index (Phi) is 4.78. The third kappa shape index (κ3) is 3.27. The van der Waals surface area contributed by atoms with E-state index in [2.05, 4.69) is 18.0 Å². The van der Waals surface area contributed by atoms with E-state index < -0.39 is 5.60 Å². The van der Waals surface area contributed by atoms with Gasteiger partial charge >= 0.3 is 0 Å². The maximum atomic E-state index is 13.1. The van der Waals surface area contributed by atoms with E-state index in [4.69, 9.17) is 14.5 Å². The first-order chi connectivity index (χ1) is 12.6. The Morgan fingerprint density at radius 2 is 2.19 bits per heavy atom. The Balaban J connectivity index is 1.75. The fourth-order valence-corrected chi connectivity index (χ4v) is 4.18. The minimum absolute atomic E-state index is 0.0311. The van der Waals surface area contributed by atoms with Gasteiger partial charge in [0, 0.05) is 18.7 Å². The molecule has 3 heterocycles. The Morgan fingerprint density at radius 3 is 2.88 bits per heavy atom. The molecule has 0 aromatic carbocycles. The van der Waals surface area contributed by atoms with Crippen LogP contribution >= 0.6 is 0 Å². The smallest absolute Gasteiger partial charge is 0.300 e. The summed E-state index contributed by atoms with van der Waals surface area (Å²) in [4.78, 5) is 21.2. The van der Waals surface area contributed by atoms with Crippen LogP contribution in [0.3, 0.4) is 0 Å². The molecule has 1 N–H and O–H groups in total. The van der Waals surface area contributed by atoms with E-state index >= 15 is 0 Å². The van der Waals surface area contributed by atoms with E-state index in [0.717, 1.165) is 24.1 Å². The minimum atomic E-state index is -0.412. The molecule has 1 aliphatic carbocycles. The van der Waals surface area contributed by atoms with Gasteiger partial charge in [-0.1, -0.05) is 26.2 Å². The van der Waals surface area contributed by atoms with Crippen LogP contribution in [-0.4, -0.2) is 33.3 Å². The van der Waals surface area contributed by atoms with Gasteiger partial charge in [-0.25, -0.2) is 0 Å². The van der Waals surface area contributed by atoms with E-state index in [1.165, 1.54) is 32.1 Å². The fourth-order valence-electron chi connectivity index (χ4n) is 4.18. The van der Waals surface area contributed by atoms with Gasteiger partial charge in [-0.05, 0) is 38.2 Å². The van der Waals surface area contributed by atoms with Gasteiger partial charge < -0.3 is 14.5 Å². The molecule has 0 radical (unpaired) electrons. The first-order valence-corrected chi connectivity index (χ1v) is 10.00. The van der Waals surface area contributed by atoms with Gasteiger partial charge in [0.05, 0.1) is 18.7 Å². The number of aromatic amines is 1. The third-order valence-electron chi connectivity index (χ3n) is 5.74. The van der Waals surface area contributed by atoms with Gasteiger partial charge in [-0.15, -0.1) is 0 Å². The highest BCUT2D eigenvalue weighted by Gasteiger charge is 2.34. The summed E-state index contributed by atoms with van der Waals surface area (Å²) in [5, 5.41) is 0. The lowest BCUT2D eigenvalue weighted by molar-refractivity contribution is 0.0527. The number of hydrogen-bond donors (Lipinski definition) is 1. The minimum Gasteiger partial charge on any atom is -0.456 e. The number of hydrogen-bond acceptors (Lipinski definition) is 4. The van der Waals surface area contributed by atoms with Crippen molar-refractivity contribution in [3.8, 4) is 6.01 Å². The van der Waals surface area contributed by atoms with Crippen molar-refractivity contribution < 1.29 is 9.47 Å². The van der Waals surface area contributed by atoms with Crippen LogP contribution in [-0.2, 0) is 11.3 Å². The molecule has 0 unspecified atom stereocenters. The molecule has 0 amide bonds. The second kappa shape index (κ2) is 7.06. The summed E-state index contributed by atoms with van der Waals surface area (Å²) in [5.41, 5.74) is 2.04. The molecule has 2 fully saturated rings. The SMILES string of the molecule is CCCn1c(O[C@]2(C)CCOC2)nc2cc(C3CCCCC3)[nH]c2c1=O. The number of fused-ring (bicyclic) bond motifs is 1. The van der Waals surface area contributed by atoms with E-state index in [1.54, 1.807) is 4.57 Å². The molecule has 26 heavy (non-hydrogen) atoms. The van der Waals surface area contributed by atoms with Crippen molar-refractivity contribution in [2.45, 2.75) is 76.9 Å². The average molecular weight is 359 g/mol. The van der Waals surface area contributed by atoms with E-state index in [0.29, 0.717) is 37.2 Å². The second-order valence-corrected chi connectivity index (χ2v) is 8.03. The predicted octanol–water partition coefficient (Wildman–Crippen LogP) is 3.74. The van der Waals surface area contributed by atoms with Crippen LogP contribution in [0.4, 0.5) is 0 Å². The van der Waals surface area contributed by atoms with Crippen LogP contribution in [0.15, 0.2) is 10.9 Å². The molecule has 6 nitrogen and oxygen atoms in total. The average Bonchev–Trinajstić information content (AvgIpc) is 3.26. The van der Waals surface area contributed by atoms with Crippen molar-refractivity contribution in [2.24, 2.45) is 0 Å². The Morgan fingerprint density at radius 1 is 1.38 bits per heavy atom. The zero-order valence-electron chi connectivity index (χ0n) is 15.8. The van der Waals surface area contributed by atoms with Crippen LogP contribution in [0.5, 0.6) is 6.01 Å². The van der Waals surface area contributed by atoms with Gasteiger partial charge in [0.15, 0.2) is 0 Å². The van der Waals surface area contributed by atoms with Crippen LogP contribution < -0.4 is 10.3 Å². The Hall–Kier alpha value is -1.82. The Bertz CT molecular complexity index is 827. The monoisotopic (exact) mass is 359 g/mol. The molecular formula is C20H29N3O3. The first kappa shape index (κ1) is 17.6. The standard InChI is InChI=1S/C20H29N3O3/c1-3-10-23-18(24)17-16(12-15(21-17)14-7-5-4-6-8-14)22-19(23)26-20(2)9-11-25-13-20/h12,14,21H,3-11,13H2,1-2H3/t20-/m1/s1. The molecule has 1 saturated heterocycles. The third-order valence-corrected chi connectivity index (χ3v) is 5.74. The van der Waals surface area contributed by atoms with Crippen molar-refractivity contribution in [1.82, 2.24) is 14.5 Å². The summed E-state index contributed by atoms with van der Waals surface area (Å²) < 4.78 is 13.4. The fraction of sp³-hybridized carbons (Fsp3) is 0.700. The summed E-state index contributed by atoms with van der Waals surface area (Å²) in [5.74, 6) is 0.516. The maximum absolute atomic E-state index is 13.1. The molecule has 4 rings (SSSR count). The molecule has 1 saturated carbocycles. The number of ether oxygens (including phenoxy) is 2. The number of rotatable bonds is 5. The van der Waals surface area contributed by atoms with Crippen molar-refractivity contribution in [3.63, 3.8) is 0 Å². The number of aromatic nitrogens is 3. The zero-order valence-corrected chi connectivity index (χ0v) is 15.8. The van der Waals surface area contributed by atoms with Gasteiger partial charge in [0.1, 0.15) is 11.1 Å². The molecule has 6 heteroatoms. The molecule has 0 bridgehead atoms. The summed E-state index contributed by atoms with van der Waals surface area (Å²) in [6.45, 7) is 5.91. The molecule has 1 atom stereocenters. The molecule has 2 aromatic rings. The van der Waals surface area contributed by atoms with Crippen LogP contribution in [0.1, 0.15) is 70.4 Å². The first-order valence-electron chi connectivity index (χ1n) is 10.00. The van der Waals surface area contributed by atoms with E-state index in [9.17, 15) is 4.79 Å². The molecular weight excluding hydrogens is 330 g/mol. The van der Waals surface area contributed by atoms with E-state index in [1.807, 2.05) is 6.92 Å². The van der Waals surface area contributed by atoms with Gasteiger partial charge in [0.25, 0.3) is 11.6 Å². The second-order valence-electron chi connectivity index (χ2n) is 8.03. The number of nitrogens with zero attached hydrogens (tertiary/aromatic N) is 2. The molecule has 0 spiro atoms. The van der Waals surface area contributed by atoms with Gasteiger partial charge in [-0.2, -0.15) is 4.98 Å². The number of H-pyrrole nitrogens is 1. The topological polar surface area (TPSA) is 69.1 Å². The summed E-state index contributed by atoms with van der Waals surface area (Å²) >= 11 is 0. The maximum Gasteiger partial charge on any atom is 0.300 e. The molecule has 142 valence electrons. The lowest BCUT2D eigenvalue weighted by Gasteiger charge is -2.24. The summed E-state index contributed by atoms with van der Waals surface area (Å²) in [6, 6.07) is 2.48. The normalized spacial score (nSPS) is 24.4. The summed E-state index contributed by atoms with van der Waals surface area (Å²) in [7, 11) is 0. The van der Waals surface area contributed by atoms with Crippen LogP contribution in [0, 0.1) is 0 Å². The highest BCUT2D eigenvalue weighted by atomic mass is 16.6. The highest BCUT2D eigenvalue weighted by Crippen LogP contribution is 2.33. The quantitative estimate of drug-likeness (QED) is 0.883. The van der Waals surface area contributed by atoms with Crippen molar-refractivity contribution >= 4 is 11.0 Å². The lowest BCUT2D eigenvalue weighted by Crippen LogP contribution is -2.36. The van der Waals surface area contributed by atoms with Crippen LogP contribution in [0.25, 0.3) is 11.0 Å². The van der Waals surface area contributed by atoms with Crippen molar-refractivity contribution in [1.29, 1.82) is 0 Å². The Labute approximate surface area is 153 Å². The summed E-state index contributed by atoms with van der Waals surface area (Å²) in [6.07, 6.45) is 7.89.